The lowest BCUT2D eigenvalue weighted by Crippen LogP contribution is -2.44. The van der Waals surface area contributed by atoms with Crippen molar-refractivity contribution in [2.24, 2.45) is 0 Å². The van der Waals surface area contributed by atoms with Crippen molar-refractivity contribution in [1.29, 1.82) is 0 Å². The third kappa shape index (κ3) is 6.66. The highest BCUT2D eigenvalue weighted by Gasteiger charge is 2.30. The second kappa shape index (κ2) is 11.6. The molecule has 3 aromatic rings. The third-order valence-corrected chi connectivity index (χ3v) is 5.86. The molecular weight excluding hydrogens is 466 g/mol. The van der Waals surface area contributed by atoms with E-state index in [1.165, 1.54) is 29.9 Å². The number of benzene rings is 1. The largest absolute Gasteiger partial charge is 0.448 e. The predicted molar refractivity (Wildman–Crippen MR) is 135 cm³/mol. The number of nitrogens with two attached hydrogens (primary N) is 1. The zero-order valence-electron chi connectivity index (χ0n) is 21.3. The fourth-order valence-electron chi connectivity index (χ4n) is 3.64. The van der Waals surface area contributed by atoms with Gasteiger partial charge in [0.2, 0.25) is 0 Å². The number of imidazole rings is 1. The smallest absolute Gasteiger partial charge is 0.411 e. The molecule has 12 nitrogen and oxygen atoms in total. The lowest BCUT2D eigenvalue weighted by Gasteiger charge is -2.29. The van der Waals surface area contributed by atoms with Crippen LogP contribution in [0.15, 0.2) is 36.9 Å². The van der Waals surface area contributed by atoms with Gasteiger partial charge < -0.3 is 30.3 Å². The Morgan fingerprint density at radius 2 is 1.89 bits per heavy atom. The van der Waals surface area contributed by atoms with E-state index in [0.29, 0.717) is 23.4 Å². The number of carbonyl (C=O) groups excluding carboxylic acids is 1. The molecule has 12 heteroatoms. The number of nitrogen functional groups attached to an aromatic ring is 1. The number of amides is 1. The van der Waals surface area contributed by atoms with E-state index in [1.54, 1.807) is 7.05 Å². The van der Waals surface area contributed by atoms with Gasteiger partial charge in [-0.3, -0.25) is 9.88 Å². The molecule has 0 spiro atoms. The van der Waals surface area contributed by atoms with Crippen molar-refractivity contribution in [3.8, 4) is 0 Å². The number of fused-ring (bicyclic) bond motifs is 1. The fourth-order valence-corrected chi connectivity index (χ4v) is 3.64. The molecule has 2 heterocycles. The first kappa shape index (κ1) is 27.3. The molecule has 0 saturated carbocycles. The van der Waals surface area contributed by atoms with Crippen molar-refractivity contribution in [2.75, 3.05) is 44.9 Å². The van der Waals surface area contributed by atoms with Crippen LogP contribution in [0.2, 0.25) is 0 Å². The summed E-state index contributed by atoms with van der Waals surface area (Å²) in [5.41, 5.74) is 8.26. The van der Waals surface area contributed by atoms with Crippen molar-refractivity contribution < 1.29 is 24.5 Å². The number of anilines is 2. The number of nitrogens with one attached hydrogen (secondary N) is 1. The molecule has 1 aromatic carbocycles. The molecule has 0 radical (unpaired) electrons. The Morgan fingerprint density at radius 3 is 2.53 bits per heavy atom. The number of aliphatic hydroxyl groups excluding tert-OH is 2. The Hall–Kier alpha value is -3.32. The molecule has 3 rings (SSSR count). The number of rotatable bonds is 10. The van der Waals surface area contributed by atoms with Crippen LogP contribution < -0.4 is 11.1 Å². The van der Waals surface area contributed by atoms with Crippen LogP contribution >= 0.6 is 0 Å². The summed E-state index contributed by atoms with van der Waals surface area (Å²) in [7, 11) is 3.23. The van der Waals surface area contributed by atoms with E-state index in [2.05, 4.69) is 41.0 Å². The van der Waals surface area contributed by atoms with E-state index < -0.39 is 24.5 Å². The first-order valence-corrected chi connectivity index (χ1v) is 11.6. The highest BCUT2D eigenvalue weighted by molar-refractivity contribution is 5.84. The number of ether oxygens (including phenoxy) is 2. The molecule has 0 saturated heterocycles. The number of aromatic nitrogens is 4. The normalized spacial score (nSPS) is 14.6. The second-order valence-corrected chi connectivity index (χ2v) is 9.61. The molecule has 3 atom stereocenters. The predicted octanol–water partition coefficient (Wildman–Crippen LogP) is 1.75. The number of hydrogen-bond acceptors (Lipinski definition) is 10. The van der Waals surface area contributed by atoms with Crippen LogP contribution in [0.1, 0.15) is 32.6 Å². The first-order chi connectivity index (χ1) is 17.0. The van der Waals surface area contributed by atoms with Gasteiger partial charge in [-0.05, 0) is 30.2 Å². The van der Waals surface area contributed by atoms with Crippen LogP contribution in [0.25, 0.3) is 11.2 Å². The van der Waals surface area contributed by atoms with Crippen LogP contribution in [0.5, 0.6) is 0 Å². The molecule has 2 aromatic heterocycles. The molecule has 0 aliphatic carbocycles. The van der Waals surface area contributed by atoms with Gasteiger partial charge in [-0.25, -0.2) is 19.7 Å². The summed E-state index contributed by atoms with van der Waals surface area (Å²) in [6, 6.07) is 7.63. The van der Waals surface area contributed by atoms with Crippen molar-refractivity contribution >= 4 is 28.8 Å². The molecule has 36 heavy (non-hydrogen) atoms. The molecule has 1 amide bonds. The summed E-state index contributed by atoms with van der Waals surface area (Å²) in [4.78, 5) is 26.0. The van der Waals surface area contributed by atoms with Gasteiger partial charge in [-0.1, -0.05) is 32.9 Å². The molecule has 196 valence electrons. The fraction of sp³-hybridized carbons (Fsp3) is 0.500. The van der Waals surface area contributed by atoms with Gasteiger partial charge in [-0.15, -0.1) is 0 Å². The van der Waals surface area contributed by atoms with Gasteiger partial charge in [0.1, 0.15) is 30.7 Å². The average molecular weight is 502 g/mol. The molecule has 0 unspecified atom stereocenters. The maximum Gasteiger partial charge on any atom is 0.411 e. The zero-order valence-corrected chi connectivity index (χ0v) is 21.3. The Morgan fingerprint density at radius 1 is 1.19 bits per heavy atom. The standard InChI is InChI=1S/C24H35N7O5/c1-24(2,3)15-6-8-16(9-7-15)29-23(34)36-11-10-30(4)12-17(35-5)19(32)22(33)31-14-28-18-20(25)26-13-27-21(18)31/h6-9,13-14,17,19,22,32-33H,10-12H2,1-5H3,(H,29,34)(H2,25,26,27)/t17-,19-,22-/m1/s1. The van der Waals surface area contributed by atoms with Crippen LogP contribution in [0.4, 0.5) is 16.3 Å². The van der Waals surface area contributed by atoms with Crippen LogP contribution in [0, 0.1) is 0 Å². The highest BCUT2D eigenvalue weighted by atomic mass is 16.5. The Labute approximate surface area is 210 Å². The number of methoxy groups -OCH3 is 1. The van der Waals surface area contributed by atoms with E-state index in [-0.39, 0.29) is 24.4 Å². The van der Waals surface area contributed by atoms with Gasteiger partial charge in [0, 0.05) is 25.9 Å². The van der Waals surface area contributed by atoms with Gasteiger partial charge in [0.05, 0.1) is 6.33 Å². The second-order valence-electron chi connectivity index (χ2n) is 9.61. The van der Waals surface area contributed by atoms with Crippen LogP contribution in [-0.4, -0.2) is 86.8 Å². The molecule has 0 bridgehead atoms. The quantitative estimate of drug-likeness (QED) is 0.322. The van der Waals surface area contributed by atoms with Crippen molar-refractivity contribution in [2.45, 2.75) is 44.6 Å². The van der Waals surface area contributed by atoms with Gasteiger partial charge >= 0.3 is 6.09 Å². The molecule has 0 aliphatic rings. The SMILES string of the molecule is CO[C@H](CN(C)CCOC(=O)Nc1ccc(C(C)(C)C)cc1)[C@@H](O)[C@@H](O)n1cnc2c(N)ncnc21. The van der Waals surface area contributed by atoms with Gasteiger partial charge in [0.25, 0.3) is 0 Å². The van der Waals surface area contributed by atoms with Gasteiger partial charge in [0.15, 0.2) is 17.7 Å². The average Bonchev–Trinajstić information content (AvgIpc) is 3.27. The van der Waals surface area contributed by atoms with E-state index in [0.717, 1.165) is 0 Å². The molecular formula is C24H35N7O5. The number of hydrogen-bond donors (Lipinski definition) is 4. The van der Waals surface area contributed by atoms with Crippen molar-refractivity contribution in [1.82, 2.24) is 24.4 Å². The van der Waals surface area contributed by atoms with E-state index in [1.807, 2.05) is 29.2 Å². The topological polar surface area (TPSA) is 161 Å². The molecule has 5 N–H and O–H groups in total. The summed E-state index contributed by atoms with van der Waals surface area (Å²) in [6.45, 7) is 7.14. The number of aliphatic hydroxyl groups is 2. The Balaban J connectivity index is 1.48. The monoisotopic (exact) mass is 501 g/mol. The summed E-state index contributed by atoms with van der Waals surface area (Å²) < 4.78 is 12.0. The number of nitrogens with zero attached hydrogens (tertiary/aromatic N) is 5. The van der Waals surface area contributed by atoms with Gasteiger partial charge in [-0.2, -0.15) is 0 Å². The van der Waals surface area contributed by atoms with E-state index in [9.17, 15) is 15.0 Å². The number of carbonyl (C=O) groups is 1. The molecule has 0 aliphatic heterocycles. The van der Waals surface area contributed by atoms with E-state index in [4.69, 9.17) is 15.2 Å². The maximum absolute atomic E-state index is 12.1. The van der Waals surface area contributed by atoms with Crippen molar-refractivity contribution in [3.63, 3.8) is 0 Å². The highest BCUT2D eigenvalue weighted by Crippen LogP contribution is 2.24. The van der Waals surface area contributed by atoms with Crippen molar-refractivity contribution in [3.05, 3.63) is 42.5 Å². The minimum Gasteiger partial charge on any atom is -0.448 e. The minimum atomic E-state index is -1.38. The zero-order chi connectivity index (χ0) is 26.5. The van der Waals surface area contributed by atoms with Crippen LogP contribution in [-0.2, 0) is 14.9 Å². The summed E-state index contributed by atoms with van der Waals surface area (Å²) in [5, 5.41) is 24.2. The van der Waals surface area contributed by atoms with Crippen LogP contribution in [0.3, 0.4) is 0 Å². The minimum absolute atomic E-state index is 0.0300. The third-order valence-electron chi connectivity index (χ3n) is 5.86. The lowest BCUT2D eigenvalue weighted by molar-refractivity contribution is -0.109. The lowest BCUT2D eigenvalue weighted by atomic mass is 9.87. The van der Waals surface area contributed by atoms with E-state index >= 15 is 0 Å². The summed E-state index contributed by atoms with van der Waals surface area (Å²) in [5.74, 6) is 0.175. The summed E-state index contributed by atoms with van der Waals surface area (Å²) in [6.07, 6.45) is -1.40. The first-order valence-electron chi connectivity index (χ1n) is 11.6. The Bertz CT molecular complexity index is 1150. The molecule has 0 fully saturated rings. The maximum atomic E-state index is 12.1. The number of likely N-dealkylation sites (N-methyl/N-ethyl adjacent to an activating group) is 1. The Kier molecular flexibility index (Phi) is 8.79. The summed E-state index contributed by atoms with van der Waals surface area (Å²) >= 11 is 0.